The number of fused-ring (bicyclic) bond motifs is 1. The highest BCUT2D eigenvalue weighted by molar-refractivity contribution is 5.82. The molecular weight excluding hydrogens is 234 g/mol. The molecule has 2 N–H and O–H groups in total. The third-order valence-electron chi connectivity index (χ3n) is 4.11. The molecule has 1 saturated heterocycles. The molecule has 2 aromatic rings. The van der Waals surface area contributed by atoms with Crippen LogP contribution in [0.15, 0.2) is 30.3 Å². The quantitative estimate of drug-likeness (QED) is 0.916. The normalized spacial score (nSPS) is 18.5. The van der Waals surface area contributed by atoms with Crippen LogP contribution in [0.4, 0.5) is 0 Å². The molecule has 1 fully saturated rings. The van der Waals surface area contributed by atoms with Gasteiger partial charge in [0.1, 0.15) is 0 Å². The van der Waals surface area contributed by atoms with Crippen LogP contribution in [0.3, 0.4) is 0 Å². The second-order valence-corrected chi connectivity index (χ2v) is 5.80. The first-order valence-corrected chi connectivity index (χ1v) is 6.96. The molecule has 19 heavy (non-hydrogen) atoms. The zero-order valence-electron chi connectivity index (χ0n) is 11.7. The number of nitrogens with zero attached hydrogens (tertiary/aromatic N) is 2. The average Bonchev–Trinajstić information content (AvgIpc) is 2.36. The number of hydrogen-bond donors (Lipinski definition) is 1. The van der Waals surface area contributed by atoms with Crippen LogP contribution in [0.1, 0.15) is 24.6 Å². The molecule has 0 amide bonds. The Bertz CT molecular complexity index is 600. The lowest BCUT2D eigenvalue weighted by Crippen LogP contribution is -2.66. The van der Waals surface area contributed by atoms with Crippen LogP contribution < -0.4 is 5.73 Å². The van der Waals surface area contributed by atoms with Gasteiger partial charge in [0.2, 0.25) is 0 Å². The molecule has 2 heterocycles. The van der Waals surface area contributed by atoms with E-state index in [9.17, 15) is 0 Å². The Morgan fingerprint density at radius 2 is 2.05 bits per heavy atom. The van der Waals surface area contributed by atoms with Gasteiger partial charge in [0.15, 0.2) is 0 Å². The lowest BCUT2D eigenvalue weighted by molar-refractivity contribution is 0.0611. The molecule has 0 atom stereocenters. The van der Waals surface area contributed by atoms with Gasteiger partial charge in [-0.15, -0.1) is 0 Å². The summed E-state index contributed by atoms with van der Waals surface area (Å²) in [5.74, 6) is 0. The summed E-state index contributed by atoms with van der Waals surface area (Å²) in [6.07, 6.45) is 1.06. The summed E-state index contributed by atoms with van der Waals surface area (Å²) in [6, 6.07) is 10.6. The van der Waals surface area contributed by atoms with Crippen LogP contribution in [-0.2, 0) is 6.54 Å². The van der Waals surface area contributed by atoms with E-state index in [2.05, 4.69) is 48.0 Å². The fourth-order valence-electron chi connectivity index (χ4n) is 2.95. The molecule has 0 radical (unpaired) electrons. The number of aryl methyl sites for hydroxylation is 1. The number of benzene rings is 1. The molecule has 0 saturated carbocycles. The summed E-state index contributed by atoms with van der Waals surface area (Å²) < 4.78 is 0. The van der Waals surface area contributed by atoms with Crippen molar-refractivity contribution in [2.24, 2.45) is 5.73 Å². The standard InChI is InChI=1S/C16H21N3/c1-3-16(17)10-19(11-16)9-13-8-12(2)18-15-7-5-4-6-14(13)15/h4-8H,3,9-11,17H2,1-2H3. The molecule has 1 aromatic carbocycles. The molecule has 0 bridgehead atoms. The van der Waals surface area contributed by atoms with E-state index in [1.54, 1.807) is 0 Å². The van der Waals surface area contributed by atoms with Gasteiger partial charge in [0, 0.05) is 36.3 Å². The Morgan fingerprint density at radius 1 is 1.32 bits per heavy atom. The van der Waals surface area contributed by atoms with E-state index in [1.807, 2.05) is 6.07 Å². The number of para-hydroxylation sites is 1. The fraction of sp³-hybridized carbons (Fsp3) is 0.438. The van der Waals surface area contributed by atoms with Crippen molar-refractivity contribution >= 4 is 10.9 Å². The number of aromatic nitrogens is 1. The molecule has 0 spiro atoms. The predicted molar refractivity (Wildman–Crippen MR) is 79.0 cm³/mol. The monoisotopic (exact) mass is 255 g/mol. The van der Waals surface area contributed by atoms with Crippen molar-refractivity contribution in [3.05, 3.63) is 41.6 Å². The third kappa shape index (κ3) is 2.36. The van der Waals surface area contributed by atoms with E-state index >= 15 is 0 Å². The van der Waals surface area contributed by atoms with Crippen LogP contribution >= 0.6 is 0 Å². The molecule has 0 aliphatic carbocycles. The van der Waals surface area contributed by atoms with Crippen molar-refractivity contribution in [3.8, 4) is 0 Å². The molecule has 0 unspecified atom stereocenters. The second kappa shape index (κ2) is 4.58. The Labute approximate surface area is 114 Å². The van der Waals surface area contributed by atoms with Crippen LogP contribution in [0.25, 0.3) is 10.9 Å². The number of rotatable bonds is 3. The van der Waals surface area contributed by atoms with Crippen LogP contribution in [0.2, 0.25) is 0 Å². The summed E-state index contributed by atoms with van der Waals surface area (Å²) in [7, 11) is 0. The van der Waals surface area contributed by atoms with Gasteiger partial charge in [0.05, 0.1) is 5.52 Å². The Hall–Kier alpha value is -1.45. The average molecular weight is 255 g/mol. The number of hydrogen-bond acceptors (Lipinski definition) is 3. The lowest BCUT2D eigenvalue weighted by Gasteiger charge is -2.47. The van der Waals surface area contributed by atoms with Crippen molar-refractivity contribution in [2.75, 3.05) is 13.1 Å². The highest BCUT2D eigenvalue weighted by Gasteiger charge is 2.37. The summed E-state index contributed by atoms with van der Waals surface area (Å²) in [4.78, 5) is 7.01. The van der Waals surface area contributed by atoms with Gasteiger partial charge in [-0.1, -0.05) is 25.1 Å². The molecule has 3 nitrogen and oxygen atoms in total. The van der Waals surface area contributed by atoms with Gasteiger partial charge in [-0.25, -0.2) is 0 Å². The Morgan fingerprint density at radius 3 is 2.79 bits per heavy atom. The van der Waals surface area contributed by atoms with Crippen molar-refractivity contribution in [1.29, 1.82) is 0 Å². The van der Waals surface area contributed by atoms with Crippen molar-refractivity contribution in [2.45, 2.75) is 32.4 Å². The van der Waals surface area contributed by atoms with Gasteiger partial charge in [0.25, 0.3) is 0 Å². The van der Waals surface area contributed by atoms with Gasteiger partial charge in [-0.2, -0.15) is 0 Å². The van der Waals surface area contributed by atoms with Crippen molar-refractivity contribution in [1.82, 2.24) is 9.88 Å². The maximum Gasteiger partial charge on any atom is 0.0708 e. The minimum Gasteiger partial charge on any atom is -0.323 e. The number of likely N-dealkylation sites (tertiary alicyclic amines) is 1. The van der Waals surface area contributed by atoms with E-state index < -0.39 is 0 Å². The molecule has 3 rings (SSSR count). The maximum absolute atomic E-state index is 6.23. The van der Waals surface area contributed by atoms with E-state index in [1.165, 1.54) is 10.9 Å². The molecule has 100 valence electrons. The third-order valence-corrected chi connectivity index (χ3v) is 4.11. The molecule has 1 aromatic heterocycles. The largest absolute Gasteiger partial charge is 0.323 e. The van der Waals surface area contributed by atoms with Crippen LogP contribution in [0, 0.1) is 6.92 Å². The van der Waals surface area contributed by atoms with Gasteiger partial charge < -0.3 is 5.73 Å². The van der Waals surface area contributed by atoms with Crippen molar-refractivity contribution < 1.29 is 0 Å². The smallest absolute Gasteiger partial charge is 0.0708 e. The lowest BCUT2D eigenvalue weighted by atomic mass is 9.88. The molecule has 3 heteroatoms. The zero-order chi connectivity index (χ0) is 13.5. The summed E-state index contributed by atoms with van der Waals surface area (Å²) in [5, 5.41) is 1.26. The van der Waals surface area contributed by atoms with Crippen LogP contribution in [0.5, 0.6) is 0 Å². The SMILES string of the molecule is CCC1(N)CN(Cc2cc(C)nc3ccccc23)C1. The summed E-state index contributed by atoms with van der Waals surface area (Å²) in [5.41, 5.74) is 9.81. The first kappa shape index (κ1) is 12.6. The summed E-state index contributed by atoms with van der Waals surface area (Å²) in [6.45, 7) is 7.20. The minimum absolute atomic E-state index is 0.0396. The van der Waals surface area contributed by atoms with Crippen LogP contribution in [-0.4, -0.2) is 28.5 Å². The fourth-order valence-corrected chi connectivity index (χ4v) is 2.95. The Kier molecular flexibility index (Phi) is 3.03. The van der Waals surface area contributed by atoms with Gasteiger partial charge in [-0.3, -0.25) is 9.88 Å². The minimum atomic E-state index is 0.0396. The zero-order valence-corrected chi connectivity index (χ0v) is 11.7. The highest BCUT2D eigenvalue weighted by atomic mass is 15.2. The topological polar surface area (TPSA) is 42.1 Å². The number of pyridine rings is 1. The summed E-state index contributed by atoms with van der Waals surface area (Å²) >= 11 is 0. The molecular formula is C16H21N3. The van der Waals surface area contributed by atoms with E-state index in [-0.39, 0.29) is 5.54 Å². The maximum atomic E-state index is 6.23. The van der Waals surface area contributed by atoms with E-state index in [0.29, 0.717) is 0 Å². The number of nitrogens with two attached hydrogens (primary N) is 1. The van der Waals surface area contributed by atoms with Gasteiger partial charge in [-0.05, 0) is 31.0 Å². The van der Waals surface area contributed by atoms with Crippen molar-refractivity contribution in [3.63, 3.8) is 0 Å². The van der Waals surface area contributed by atoms with E-state index in [4.69, 9.17) is 5.73 Å². The Balaban J connectivity index is 1.86. The first-order chi connectivity index (χ1) is 9.09. The van der Waals surface area contributed by atoms with Gasteiger partial charge >= 0.3 is 0 Å². The predicted octanol–water partition coefficient (Wildman–Crippen LogP) is 2.47. The molecule has 1 aliphatic heterocycles. The first-order valence-electron chi connectivity index (χ1n) is 6.96. The van der Waals surface area contributed by atoms with E-state index in [0.717, 1.165) is 37.3 Å². The second-order valence-electron chi connectivity index (χ2n) is 5.80. The highest BCUT2D eigenvalue weighted by Crippen LogP contribution is 2.26. The molecule has 1 aliphatic rings.